The highest BCUT2D eigenvalue weighted by molar-refractivity contribution is 5.93. The number of hydrogen-bond donors (Lipinski definition) is 1. The largest absolute Gasteiger partial charge is 0.497 e. The van der Waals surface area contributed by atoms with Crippen molar-refractivity contribution >= 4 is 17.6 Å². The molecule has 11 heteroatoms. The number of hydrogen-bond acceptors (Lipinski definition) is 7. The van der Waals surface area contributed by atoms with Gasteiger partial charge >= 0.3 is 12.1 Å². The maximum absolute atomic E-state index is 13.2. The van der Waals surface area contributed by atoms with Gasteiger partial charge in [-0.2, -0.15) is 13.2 Å². The summed E-state index contributed by atoms with van der Waals surface area (Å²) < 4.78 is 55.4. The van der Waals surface area contributed by atoms with Crippen molar-refractivity contribution in [3.63, 3.8) is 0 Å². The molecular formula is C25H30F3N3O5. The van der Waals surface area contributed by atoms with Crippen LogP contribution in [0, 0.1) is 0 Å². The minimum atomic E-state index is -4.56. The number of halogens is 3. The molecule has 0 saturated carbocycles. The first-order chi connectivity index (χ1) is 17.2. The van der Waals surface area contributed by atoms with Gasteiger partial charge in [0.1, 0.15) is 11.5 Å². The number of carbonyl (C=O) groups excluding carboxylic acids is 2. The lowest BCUT2D eigenvalue weighted by Crippen LogP contribution is -2.36. The second kappa shape index (κ2) is 12.1. The molecule has 0 bridgehead atoms. The third-order valence-electron chi connectivity index (χ3n) is 5.98. The summed E-state index contributed by atoms with van der Waals surface area (Å²) >= 11 is 0. The molecule has 1 N–H and O–H groups in total. The first-order valence-electron chi connectivity index (χ1n) is 11.4. The van der Waals surface area contributed by atoms with Crippen molar-refractivity contribution in [1.29, 1.82) is 0 Å². The zero-order valence-corrected chi connectivity index (χ0v) is 20.5. The number of nitrogens with zero attached hydrogens (tertiary/aromatic N) is 2. The highest BCUT2D eigenvalue weighted by atomic mass is 19.4. The Bertz CT molecular complexity index is 1080. The number of anilines is 1. The van der Waals surface area contributed by atoms with Crippen molar-refractivity contribution in [2.75, 3.05) is 59.4 Å². The molecule has 8 nitrogen and oxygen atoms in total. The van der Waals surface area contributed by atoms with Crippen molar-refractivity contribution in [3.05, 3.63) is 53.1 Å². The lowest BCUT2D eigenvalue weighted by molar-refractivity contribution is -0.137. The van der Waals surface area contributed by atoms with E-state index in [-0.39, 0.29) is 12.2 Å². The van der Waals surface area contributed by atoms with E-state index in [1.807, 2.05) is 4.90 Å². The molecule has 0 radical (unpaired) electrons. The molecule has 0 spiro atoms. The van der Waals surface area contributed by atoms with E-state index in [0.717, 1.165) is 12.5 Å². The van der Waals surface area contributed by atoms with Gasteiger partial charge in [0.25, 0.3) is 0 Å². The minimum absolute atomic E-state index is 0.0285. The van der Waals surface area contributed by atoms with Crippen LogP contribution < -0.4 is 14.8 Å². The number of esters is 1. The molecule has 1 heterocycles. The Morgan fingerprint density at radius 3 is 2.33 bits per heavy atom. The van der Waals surface area contributed by atoms with E-state index in [4.69, 9.17) is 14.2 Å². The molecule has 2 aromatic carbocycles. The van der Waals surface area contributed by atoms with E-state index in [2.05, 4.69) is 10.2 Å². The molecule has 0 atom stereocenters. The van der Waals surface area contributed by atoms with E-state index >= 15 is 0 Å². The van der Waals surface area contributed by atoms with Crippen molar-refractivity contribution in [2.24, 2.45) is 0 Å². The van der Waals surface area contributed by atoms with Gasteiger partial charge in [0, 0.05) is 31.3 Å². The van der Waals surface area contributed by atoms with E-state index in [9.17, 15) is 22.8 Å². The number of carbonyl (C=O) groups is 2. The third kappa shape index (κ3) is 6.88. The highest BCUT2D eigenvalue weighted by Crippen LogP contribution is 2.34. The maximum Gasteiger partial charge on any atom is 0.418 e. The maximum atomic E-state index is 13.2. The van der Waals surface area contributed by atoms with Crippen molar-refractivity contribution in [2.45, 2.75) is 19.1 Å². The van der Waals surface area contributed by atoms with Gasteiger partial charge < -0.3 is 19.5 Å². The average molecular weight is 510 g/mol. The SMILES string of the molecule is COC(=O)c1cc(OC)cc(OC)c1CN1CCCN(CC(=O)Nc2ccccc2C(F)(F)F)CC1. The van der Waals surface area contributed by atoms with Crippen LogP contribution in [0.15, 0.2) is 36.4 Å². The summed E-state index contributed by atoms with van der Waals surface area (Å²) in [7, 11) is 4.32. The third-order valence-corrected chi connectivity index (χ3v) is 5.98. The molecule has 1 aliphatic heterocycles. The van der Waals surface area contributed by atoms with E-state index in [1.54, 1.807) is 12.1 Å². The molecule has 3 rings (SSSR count). The summed E-state index contributed by atoms with van der Waals surface area (Å²) in [6, 6.07) is 8.23. The lowest BCUT2D eigenvalue weighted by Gasteiger charge is -2.24. The van der Waals surface area contributed by atoms with Gasteiger partial charge in [-0.3, -0.25) is 14.6 Å². The van der Waals surface area contributed by atoms with Crippen LogP contribution in [0.1, 0.15) is 27.9 Å². The second-order valence-electron chi connectivity index (χ2n) is 8.34. The molecule has 1 fully saturated rings. The van der Waals surface area contributed by atoms with Gasteiger partial charge in [-0.15, -0.1) is 0 Å². The number of benzene rings is 2. The predicted molar refractivity (Wildman–Crippen MR) is 127 cm³/mol. The van der Waals surface area contributed by atoms with Gasteiger partial charge in [-0.05, 0) is 37.7 Å². The fourth-order valence-corrected chi connectivity index (χ4v) is 4.17. The fraction of sp³-hybridized carbons (Fsp3) is 0.440. The summed E-state index contributed by atoms with van der Waals surface area (Å²) in [4.78, 5) is 29.0. The normalized spacial score (nSPS) is 15.2. The molecule has 1 amide bonds. The molecule has 196 valence electrons. The Labute approximate surface area is 207 Å². The number of ether oxygens (including phenoxy) is 3. The van der Waals surface area contributed by atoms with Crippen LogP contribution in [0.25, 0.3) is 0 Å². The van der Waals surface area contributed by atoms with Crippen LogP contribution >= 0.6 is 0 Å². The molecule has 0 aromatic heterocycles. The number of nitrogens with one attached hydrogen (secondary N) is 1. The fourth-order valence-electron chi connectivity index (χ4n) is 4.17. The topological polar surface area (TPSA) is 80.3 Å². The lowest BCUT2D eigenvalue weighted by atomic mass is 10.0. The average Bonchev–Trinajstić information content (AvgIpc) is 3.07. The molecule has 1 aliphatic rings. The zero-order valence-electron chi connectivity index (χ0n) is 20.5. The van der Waals surface area contributed by atoms with Crippen LogP contribution in [0.5, 0.6) is 11.5 Å². The van der Waals surface area contributed by atoms with Crippen LogP contribution in [-0.2, 0) is 22.3 Å². The van der Waals surface area contributed by atoms with Crippen molar-refractivity contribution in [3.8, 4) is 11.5 Å². The monoisotopic (exact) mass is 509 g/mol. The van der Waals surface area contributed by atoms with Crippen LogP contribution in [0.3, 0.4) is 0 Å². The van der Waals surface area contributed by atoms with Gasteiger partial charge in [0.2, 0.25) is 5.91 Å². The number of rotatable bonds is 8. The second-order valence-corrected chi connectivity index (χ2v) is 8.34. The Balaban J connectivity index is 1.66. The van der Waals surface area contributed by atoms with Crippen LogP contribution in [-0.4, -0.2) is 75.7 Å². The quantitative estimate of drug-likeness (QED) is 0.544. The standard InChI is InChI=1S/C25H30F3N3O5/c1-34-17-13-18(24(33)36-3)19(22(14-17)35-2)15-30-9-6-10-31(12-11-30)16-23(32)29-21-8-5-4-7-20(21)25(26,27)28/h4-5,7-8,13-14H,6,9-12,15-16H2,1-3H3,(H,29,32). The molecule has 1 saturated heterocycles. The van der Waals surface area contributed by atoms with E-state index < -0.39 is 23.6 Å². The van der Waals surface area contributed by atoms with Gasteiger partial charge in [-0.25, -0.2) is 4.79 Å². The zero-order chi connectivity index (χ0) is 26.3. The molecule has 2 aromatic rings. The van der Waals surface area contributed by atoms with E-state index in [0.29, 0.717) is 55.3 Å². The molecule has 0 aliphatic carbocycles. The Hall–Kier alpha value is -3.31. The Morgan fingerprint density at radius 1 is 0.972 bits per heavy atom. The minimum Gasteiger partial charge on any atom is -0.497 e. The van der Waals surface area contributed by atoms with Crippen LogP contribution in [0.2, 0.25) is 0 Å². The first-order valence-corrected chi connectivity index (χ1v) is 11.4. The molecule has 36 heavy (non-hydrogen) atoms. The smallest absolute Gasteiger partial charge is 0.418 e. The van der Waals surface area contributed by atoms with Gasteiger partial charge in [0.05, 0.1) is 44.7 Å². The summed E-state index contributed by atoms with van der Waals surface area (Å²) in [6.07, 6.45) is -3.82. The van der Waals surface area contributed by atoms with Gasteiger partial charge in [0.15, 0.2) is 0 Å². The molecular weight excluding hydrogens is 479 g/mol. The summed E-state index contributed by atoms with van der Waals surface area (Å²) in [5, 5.41) is 2.39. The highest BCUT2D eigenvalue weighted by Gasteiger charge is 2.33. The summed E-state index contributed by atoms with van der Waals surface area (Å²) in [5.41, 5.74) is -0.124. The van der Waals surface area contributed by atoms with Gasteiger partial charge in [-0.1, -0.05) is 12.1 Å². The number of alkyl halides is 3. The first kappa shape index (κ1) is 27.3. The number of para-hydroxylation sites is 1. The number of amides is 1. The Morgan fingerprint density at radius 2 is 1.67 bits per heavy atom. The van der Waals surface area contributed by atoms with E-state index in [1.165, 1.54) is 39.5 Å². The summed E-state index contributed by atoms with van der Waals surface area (Å²) in [6.45, 7) is 2.80. The predicted octanol–water partition coefficient (Wildman–Crippen LogP) is 3.66. The molecule has 0 unspecified atom stereocenters. The van der Waals surface area contributed by atoms with Crippen molar-refractivity contribution in [1.82, 2.24) is 9.80 Å². The Kier molecular flexibility index (Phi) is 9.16. The number of methoxy groups -OCH3 is 3. The van der Waals surface area contributed by atoms with Crippen molar-refractivity contribution < 1.29 is 37.0 Å². The summed E-state index contributed by atoms with van der Waals surface area (Å²) in [5.74, 6) is -0.0471. The van der Waals surface area contributed by atoms with Crippen LogP contribution in [0.4, 0.5) is 18.9 Å².